The van der Waals surface area contributed by atoms with Crippen molar-refractivity contribution in [1.29, 1.82) is 0 Å². The number of aromatic hydroxyl groups is 1. The van der Waals surface area contributed by atoms with Crippen molar-refractivity contribution in [2.45, 2.75) is 25.5 Å². The first-order chi connectivity index (χ1) is 9.24. The van der Waals surface area contributed by atoms with Crippen LogP contribution >= 0.6 is 11.6 Å². The molecule has 0 amide bonds. The smallest absolute Gasteiger partial charge is 0.150 e. The molecule has 1 N–H and O–H groups in total. The molecule has 0 spiro atoms. The number of halogens is 1. The Morgan fingerprint density at radius 1 is 1.37 bits per heavy atom. The fourth-order valence-electron chi connectivity index (χ4n) is 2.15. The van der Waals surface area contributed by atoms with Crippen LogP contribution in [0.4, 0.5) is 0 Å². The highest BCUT2D eigenvalue weighted by Gasteiger charge is 2.19. The lowest BCUT2D eigenvalue weighted by Crippen LogP contribution is -2.18. The normalized spacial score (nSPS) is 19.5. The lowest BCUT2D eigenvalue weighted by molar-refractivity contribution is -0.0393. The average molecular weight is 280 g/mol. The Kier molecular flexibility index (Phi) is 3.40. The molecule has 19 heavy (non-hydrogen) atoms. The summed E-state index contributed by atoms with van der Waals surface area (Å²) in [4.78, 5) is 4.12. The van der Waals surface area contributed by atoms with Crippen LogP contribution in [-0.2, 0) is 4.74 Å². The van der Waals surface area contributed by atoms with Gasteiger partial charge in [0, 0.05) is 12.8 Å². The van der Waals surface area contributed by atoms with Gasteiger partial charge in [-0.2, -0.15) is 5.10 Å². The summed E-state index contributed by atoms with van der Waals surface area (Å²) < 4.78 is 7.42. The van der Waals surface area contributed by atoms with Gasteiger partial charge in [0.15, 0.2) is 0 Å². The van der Waals surface area contributed by atoms with Crippen molar-refractivity contribution < 1.29 is 9.84 Å². The van der Waals surface area contributed by atoms with Crippen LogP contribution in [0.2, 0.25) is 5.02 Å². The predicted octanol–water partition coefficient (Wildman–Crippen LogP) is 3.00. The maximum atomic E-state index is 9.24. The minimum absolute atomic E-state index is 0.0443. The third-order valence-corrected chi connectivity index (χ3v) is 3.41. The maximum Gasteiger partial charge on any atom is 0.150 e. The molecule has 1 saturated heterocycles. The molecule has 3 rings (SSSR count). The summed E-state index contributed by atoms with van der Waals surface area (Å²) in [6.07, 6.45) is 6.27. The summed E-state index contributed by atoms with van der Waals surface area (Å²) in [5.74, 6) is 0.120. The second kappa shape index (κ2) is 5.19. The number of hydrogen-bond donors (Lipinski definition) is 1. The molecule has 1 aliphatic heterocycles. The first-order valence-electron chi connectivity index (χ1n) is 6.26. The molecule has 1 fully saturated rings. The zero-order valence-electron chi connectivity index (χ0n) is 10.3. The molecule has 2 aromatic rings. The zero-order valence-corrected chi connectivity index (χ0v) is 11.0. The summed E-state index contributed by atoms with van der Waals surface area (Å²) in [6.45, 7) is 0.759. The van der Waals surface area contributed by atoms with Crippen LogP contribution in [0.3, 0.4) is 0 Å². The van der Waals surface area contributed by atoms with E-state index in [1.807, 2.05) is 0 Å². The Labute approximate surface area is 115 Å². The Balaban J connectivity index is 1.90. The molecule has 1 unspecified atom stereocenters. The minimum atomic E-state index is -0.0443. The SMILES string of the molecule is Oc1ccc(-c2nn(C3CCCCO3)cc2Cl)nc1. The van der Waals surface area contributed by atoms with Crippen LogP contribution in [-0.4, -0.2) is 26.5 Å². The average Bonchev–Trinajstić information content (AvgIpc) is 2.83. The monoisotopic (exact) mass is 279 g/mol. The van der Waals surface area contributed by atoms with Crippen molar-refractivity contribution in [2.24, 2.45) is 0 Å². The van der Waals surface area contributed by atoms with E-state index in [-0.39, 0.29) is 12.0 Å². The van der Waals surface area contributed by atoms with E-state index in [2.05, 4.69) is 10.1 Å². The Morgan fingerprint density at radius 3 is 2.95 bits per heavy atom. The Hall–Kier alpha value is -1.59. The van der Waals surface area contributed by atoms with Crippen molar-refractivity contribution in [3.8, 4) is 17.1 Å². The Morgan fingerprint density at radius 2 is 2.26 bits per heavy atom. The van der Waals surface area contributed by atoms with Gasteiger partial charge in [-0.25, -0.2) is 4.68 Å². The van der Waals surface area contributed by atoms with Crippen LogP contribution in [0, 0.1) is 0 Å². The van der Waals surface area contributed by atoms with E-state index in [1.54, 1.807) is 23.0 Å². The zero-order chi connectivity index (χ0) is 13.2. The molecular formula is C13H14ClN3O2. The molecule has 100 valence electrons. The van der Waals surface area contributed by atoms with Crippen molar-refractivity contribution in [3.05, 3.63) is 29.5 Å². The summed E-state index contributed by atoms with van der Waals surface area (Å²) in [5, 5.41) is 14.2. The van der Waals surface area contributed by atoms with Crippen molar-refractivity contribution >= 4 is 11.6 Å². The lowest BCUT2D eigenvalue weighted by Gasteiger charge is -2.22. The second-order valence-electron chi connectivity index (χ2n) is 4.53. The van der Waals surface area contributed by atoms with Crippen LogP contribution in [0.5, 0.6) is 5.75 Å². The Bertz CT molecular complexity index is 562. The van der Waals surface area contributed by atoms with Crippen molar-refractivity contribution in [2.75, 3.05) is 6.61 Å². The number of rotatable bonds is 2. The van der Waals surface area contributed by atoms with Gasteiger partial charge in [0.1, 0.15) is 17.7 Å². The van der Waals surface area contributed by atoms with Crippen LogP contribution in [0.25, 0.3) is 11.4 Å². The van der Waals surface area contributed by atoms with Gasteiger partial charge >= 0.3 is 0 Å². The maximum absolute atomic E-state index is 9.24. The molecule has 0 saturated carbocycles. The third kappa shape index (κ3) is 2.57. The number of hydrogen-bond acceptors (Lipinski definition) is 4. The highest BCUT2D eigenvalue weighted by atomic mass is 35.5. The first-order valence-corrected chi connectivity index (χ1v) is 6.63. The number of ether oxygens (including phenoxy) is 1. The highest BCUT2D eigenvalue weighted by Crippen LogP contribution is 2.29. The van der Waals surface area contributed by atoms with E-state index in [9.17, 15) is 5.11 Å². The summed E-state index contributed by atoms with van der Waals surface area (Å²) >= 11 is 6.20. The van der Waals surface area contributed by atoms with Gasteiger partial charge in [-0.15, -0.1) is 0 Å². The van der Waals surface area contributed by atoms with Crippen molar-refractivity contribution in [3.63, 3.8) is 0 Å². The molecule has 0 aliphatic carbocycles. The number of aromatic nitrogens is 3. The largest absolute Gasteiger partial charge is 0.506 e. The fourth-order valence-corrected chi connectivity index (χ4v) is 2.38. The molecule has 5 nitrogen and oxygen atoms in total. The minimum Gasteiger partial charge on any atom is -0.506 e. The van der Waals surface area contributed by atoms with Crippen LogP contribution in [0.1, 0.15) is 25.5 Å². The summed E-state index contributed by atoms with van der Waals surface area (Å²) in [7, 11) is 0. The molecule has 2 aromatic heterocycles. The summed E-state index contributed by atoms with van der Waals surface area (Å²) in [6, 6.07) is 3.25. The predicted molar refractivity (Wildman–Crippen MR) is 71.0 cm³/mol. The van der Waals surface area contributed by atoms with Crippen LogP contribution < -0.4 is 0 Å². The molecule has 3 heterocycles. The molecule has 0 aromatic carbocycles. The second-order valence-corrected chi connectivity index (χ2v) is 4.94. The standard InChI is InChI=1S/C13H14ClN3O2/c14-10-8-17(12-3-1-2-6-19-12)16-13(10)11-5-4-9(18)7-15-11/h4-5,7-8,12,18H,1-3,6H2. The van der Waals surface area contributed by atoms with Gasteiger partial charge in [-0.1, -0.05) is 11.6 Å². The van der Waals surface area contributed by atoms with Gasteiger partial charge in [0.2, 0.25) is 0 Å². The van der Waals surface area contributed by atoms with Gasteiger partial charge in [-0.05, 0) is 31.4 Å². The molecular weight excluding hydrogens is 266 g/mol. The molecule has 1 atom stereocenters. The van der Waals surface area contributed by atoms with Gasteiger partial charge in [-0.3, -0.25) is 4.98 Å². The van der Waals surface area contributed by atoms with Gasteiger partial charge in [0.25, 0.3) is 0 Å². The highest BCUT2D eigenvalue weighted by molar-refractivity contribution is 6.32. The third-order valence-electron chi connectivity index (χ3n) is 3.13. The molecule has 0 radical (unpaired) electrons. The fraction of sp³-hybridized carbons (Fsp3) is 0.385. The lowest BCUT2D eigenvalue weighted by atomic mass is 10.2. The van der Waals surface area contributed by atoms with E-state index in [0.717, 1.165) is 25.9 Å². The van der Waals surface area contributed by atoms with E-state index in [1.165, 1.54) is 6.20 Å². The molecule has 6 heteroatoms. The summed E-state index contributed by atoms with van der Waals surface area (Å²) in [5.41, 5.74) is 1.24. The molecule has 0 bridgehead atoms. The van der Waals surface area contributed by atoms with E-state index >= 15 is 0 Å². The van der Waals surface area contributed by atoms with Gasteiger partial charge < -0.3 is 9.84 Å². The topological polar surface area (TPSA) is 60.2 Å². The van der Waals surface area contributed by atoms with E-state index in [0.29, 0.717) is 16.4 Å². The van der Waals surface area contributed by atoms with Crippen molar-refractivity contribution in [1.82, 2.24) is 14.8 Å². The van der Waals surface area contributed by atoms with E-state index < -0.39 is 0 Å². The van der Waals surface area contributed by atoms with Gasteiger partial charge in [0.05, 0.1) is 16.9 Å². The van der Waals surface area contributed by atoms with Crippen LogP contribution in [0.15, 0.2) is 24.5 Å². The molecule has 1 aliphatic rings. The number of nitrogens with zero attached hydrogens (tertiary/aromatic N) is 3. The van der Waals surface area contributed by atoms with E-state index in [4.69, 9.17) is 16.3 Å². The quantitative estimate of drug-likeness (QED) is 0.918. The first kappa shape index (κ1) is 12.4. The number of pyridine rings is 1.